The Morgan fingerprint density at radius 3 is 3.22 bits per heavy atom. The first kappa shape index (κ1) is 6.74. The van der Waals surface area contributed by atoms with Gasteiger partial charge in [0.15, 0.2) is 0 Å². The van der Waals surface area contributed by atoms with E-state index >= 15 is 0 Å². The normalized spacial score (nSPS) is 26.6. The van der Waals surface area contributed by atoms with Crippen LogP contribution < -0.4 is 5.48 Å². The van der Waals surface area contributed by atoms with E-state index in [2.05, 4.69) is 5.48 Å². The van der Waals surface area contributed by atoms with Crippen molar-refractivity contribution >= 4 is 0 Å². The molecule has 1 unspecified atom stereocenters. The van der Waals surface area contributed by atoms with Gasteiger partial charge in [-0.3, -0.25) is 4.84 Å². The molecule has 0 aromatic carbocycles. The van der Waals surface area contributed by atoms with Crippen LogP contribution in [0.2, 0.25) is 0 Å². The molecule has 3 nitrogen and oxygen atoms in total. The average molecular weight is 129 g/mol. The molecule has 0 aromatic heterocycles. The third-order valence-corrected chi connectivity index (χ3v) is 1.22. The second-order valence-electron chi connectivity index (χ2n) is 1.98. The maximum absolute atomic E-state index is 8.49. The van der Waals surface area contributed by atoms with Crippen LogP contribution in [0.1, 0.15) is 6.42 Å². The number of hydroxylamine groups is 1. The summed E-state index contributed by atoms with van der Waals surface area (Å²) in [4.78, 5) is 4.89. The van der Waals surface area contributed by atoms with Crippen molar-refractivity contribution in [1.82, 2.24) is 5.48 Å². The molecule has 3 heteroatoms. The molecule has 1 rings (SSSR count). The Labute approximate surface area is 54.3 Å². The summed E-state index contributed by atoms with van der Waals surface area (Å²) in [6.07, 6.45) is 4.66. The molecule has 0 fully saturated rings. The Kier molecular flexibility index (Phi) is 2.70. The lowest BCUT2D eigenvalue weighted by Gasteiger charge is -2.16. The summed E-state index contributed by atoms with van der Waals surface area (Å²) < 4.78 is 0. The molecular weight excluding hydrogens is 118 g/mol. The molecule has 0 aliphatic carbocycles. The van der Waals surface area contributed by atoms with Crippen molar-refractivity contribution in [3.05, 3.63) is 12.2 Å². The SMILES string of the molecule is OCCC1C=CCON1. The van der Waals surface area contributed by atoms with E-state index in [0.29, 0.717) is 6.61 Å². The van der Waals surface area contributed by atoms with Crippen molar-refractivity contribution in [2.24, 2.45) is 0 Å². The fourth-order valence-corrected chi connectivity index (χ4v) is 0.757. The number of aliphatic hydroxyl groups excluding tert-OH is 1. The van der Waals surface area contributed by atoms with E-state index in [1.165, 1.54) is 0 Å². The molecule has 9 heavy (non-hydrogen) atoms. The third kappa shape index (κ3) is 2.13. The average Bonchev–Trinajstić information content (AvgIpc) is 1.91. The van der Waals surface area contributed by atoms with E-state index in [-0.39, 0.29) is 12.6 Å². The molecule has 1 aliphatic heterocycles. The Morgan fingerprint density at radius 1 is 1.78 bits per heavy atom. The van der Waals surface area contributed by atoms with Gasteiger partial charge in [0, 0.05) is 6.61 Å². The molecule has 1 atom stereocenters. The molecule has 1 aliphatic rings. The van der Waals surface area contributed by atoms with Crippen LogP contribution in [0.15, 0.2) is 12.2 Å². The largest absolute Gasteiger partial charge is 0.396 e. The van der Waals surface area contributed by atoms with Crippen LogP contribution in [0.3, 0.4) is 0 Å². The number of aliphatic hydroxyl groups is 1. The van der Waals surface area contributed by atoms with Crippen LogP contribution in [0.25, 0.3) is 0 Å². The predicted octanol–water partition coefficient (Wildman–Crippen LogP) is -0.172. The van der Waals surface area contributed by atoms with E-state index in [1.807, 2.05) is 12.2 Å². The van der Waals surface area contributed by atoms with E-state index in [4.69, 9.17) is 9.94 Å². The zero-order valence-corrected chi connectivity index (χ0v) is 5.21. The van der Waals surface area contributed by atoms with Gasteiger partial charge >= 0.3 is 0 Å². The lowest BCUT2D eigenvalue weighted by atomic mass is 10.2. The topological polar surface area (TPSA) is 41.5 Å². The highest BCUT2D eigenvalue weighted by atomic mass is 16.6. The smallest absolute Gasteiger partial charge is 0.0864 e. The standard InChI is InChI=1S/C6H11NO2/c8-4-3-6-2-1-5-9-7-6/h1-2,6-8H,3-5H2. The van der Waals surface area contributed by atoms with Crippen molar-refractivity contribution in [1.29, 1.82) is 0 Å². The minimum atomic E-state index is 0.198. The van der Waals surface area contributed by atoms with E-state index in [0.717, 1.165) is 6.42 Å². The summed E-state index contributed by atoms with van der Waals surface area (Å²) in [6, 6.07) is 0.198. The predicted molar refractivity (Wildman–Crippen MR) is 33.7 cm³/mol. The molecule has 0 radical (unpaired) electrons. The molecular formula is C6H11NO2. The van der Waals surface area contributed by atoms with Crippen molar-refractivity contribution in [3.8, 4) is 0 Å². The maximum atomic E-state index is 8.49. The minimum Gasteiger partial charge on any atom is -0.396 e. The molecule has 0 spiro atoms. The highest BCUT2D eigenvalue weighted by Gasteiger charge is 2.05. The summed E-state index contributed by atoms with van der Waals surface area (Å²) in [5.41, 5.74) is 2.77. The van der Waals surface area contributed by atoms with E-state index < -0.39 is 0 Å². The van der Waals surface area contributed by atoms with Crippen molar-refractivity contribution in [3.63, 3.8) is 0 Å². The first-order chi connectivity index (χ1) is 4.43. The van der Waals surface area contributed by atoms with Crippen LogP contribution in [-0.2, 0) is 4.84 Å². The maximum Gasteiger partial charge on any atom is 0.0864 e. The first-order valence-corrected chi connectivity index (χ1v) is 3.08. The van der Waals surface area contributed by atoms with Crippen molar-refractivity contribution in [2.75, 3.05) is 13.2 Å². The molecule has 52 valence electrons. The summed E-state index contributed by atoms with van der Waals surface area (Å²) in [7, 11) is 0. The molecule has 1 heterocycles. The quantitative estimate of drug-likeness (QED) is 0.508. The van der Waals surface area contributed by atoms with Gasteiger partial charge in [-0.15, -0.1) is 0 Å². The van der Waals surface area contributed by atoms with Crippen molar-refractivity contribution in [2.45, 2.75) is 12.5 Å². The van der Waals surface area contributed by atoms with Crippen LogP contribution in [0, 0.1) is 0 Å². The summed E-state index contributed by atoms with van der Waals surface area (Å²) in [6.45, 7) is 0.827. The van der Waals surface area contributed by atoms with Crippen LogP contribution in [0.4, 0.5) is 0 Å². The lowest BCUT2D eigenvalue weighted by molar-refractivity contribution is 0.0306. The Hall–Kier alpha value is -0.380. The minimum absolute atomic E-state index is 0.198. The number of nitrogens with one attached hydrogen (secondary N) is 1. The van der Waals surface area contributed by atoms with Gasteiger partial charge in [-0.05, 0) is 6.42 Å². The van der Waals surface area contributed by atoms with Gasteiger partial charge in [0.25, 0.3) is 0 Å². The lowest BCUT2D eigenvalue weighted by Crippen LogP contribution is -2.31. The summed E-state index contributed by atoms with van der Waals surface area (Å²) >= 11 is 0. The molecule has 0 saturated carbocycles. The zero-order valence-electron chi connectivity index (χ0n) is 5.21. The van der Waals surface area contributed by atoms with Gasteiger partial charge in [-0.1, -0.05) is 12.2 Å². The highest BCUT2D eigenvalue weighted by molar-refractivity contribution is 4.94. The first-order valence-electron chi connectivity index (χ1n) is 3.08. The Bertz CT molecular complexity index is 103. The second kappa shape index (κ2) is 3.61. The fraction of sp³-hybridized carbons (Fsp3) is 0.667. The van der Waals surface area contributed by atoms with Crippen LogP contribution >= 0.6 is 0 Å². The summed E-state index contributed by atoms with van der Waals surface area (Å²) in [5, 5.41) is 8.49. The van der Waals surface area contributed by atoms with Gasteiger partial charge in [0.05, 0.1) is 12.6 Å². The van der Waals surface area contributed by atoms with Gasteiger partial charge in [0.2, 0.25) is 0 Å². The van der Waals surface area contributed by atoms with E-state index in [9.17, 15) is 0 Å². The molecule has 0 bridgehead atoms. The molecule has 2 N–H and O–H groups in total. The number of hydrogen-bond donors (Lipinski definition) is 2. The van der Waals surface area contributed by atoms with E-state index in [1.54, 1.807) is 0 Å². The highest BCUT2D eigenvalue weighted by Crippen LogP contribution is 1.97. The molecule has 0 aromatic rings. The van der Waals surface area contributed by atoms with Gasteiger partial charge < -0.3 is 5.11 Å². The van der Waals surface area contributed by atoms with Gasteiger partial charge in [0.1, 0.15) is 0 Å². The monoisotopic (exact) mass is 129 g/mol. The molecule has 0 saturated heterocycles. The Balaban J connectivity index is 2.23. The number of hydrogen-bond acceptors (Lipinski definition) is 3. The molecule has 0 amide bonds. The second-order valence-corrected chi connectivity index (χ2v) is 1.98. The van der Waals surface area contributed by atoms with Gasteiger partial charge in [-0.25, -0.2) is 0 Å². The fourth-order valence-electron chi connectivity index (χ4n) is 0.757. The summed E-state index contributed by atoms with van der Waals surface area (Å²) in [5.74, 6) is 0. The Morgan fingerprint density at radius 2 is 2.67 bits per heavy atom. The van der Waals surface area contributed by atoms with Crippen LogP contribution in [-0.4, -0.2) is 24.4 Å². The number of rotatable bonds is 2. The third-order valence-electron chi connectivity index (χ3n) is 1.22. The van der Waals surface area contributed by atoms with Crippen LogP contribution in [0.5, 0.6) is 0 Å². The van der Waals surface area contributed by atoms with Gasteiger partial charge in [-0.2, -0.15) is 5.48 Å². The van der Waals surface area contributed by atoms with Crippen molar-refractivity contribution < 1.29 is 9.94 Å². The zero-order chi connectivity index (χ0) is 6.53.